The molecule has 4 heteroatoms. The molecule has 1 aromatic carbocycles. The summed E-state index contributed by atoms with van der Waals surface area (Å²) in [4.78, 5) is 2.80. The largest absolute Gasteiger partial charge is 0.456 e. The van der Waals surface area contributed by atoms with Crippen molar-refractivity contribution in [1.29, 1.82) is 5.26 Å². The fourth-order valence-electron chi connectivity index (χ4n) is 1.44. The third-order valence-corrected chi connectivity index (χ3v) is 2.67. The zero-order valence-electron chi connectivity index (χ0n) is 9.23. The van der Waals surface area contributed by atoms with Crippen LogP contribution in [0.25, 0.3) is 0 Å². The van der Waals surface area contributed by atoms with E-state index in [2.05, 4.69) is 4.98 Å². The van der Waals surface area contributed by atoms with Crippen molar-refractivity contribution >= 4 is 12.2 Å². The Morgan fingerprint density at radius 3 is 2.71 bits per heavy atom. The maximum absolute atomic E-state index is 9.03. The van der Waals surface area contributed by atoms with Gasteiger partial charge in [0.1, 0.15) is 27.8 Å². The number of H-pyrrole nitrogens is 1. The van der Waals surface area contributed by atoms with Crippen LogP contribution in [0, 0.1) is 22.9 Å². The molecule has 0 atom stereocenters. The Bertz CT molecular complexity index is 640. The summed E-state index contributed by atoms with van der Waals surface area (Å²) >= 11 is 5.03. The molecule has 1 aromatic heterocycles. The first-order valence-corrected chi connectivity index (χ1v) is 5.48. The van der Waals surface area contributed by atoms with E-state index in [0.717, 1.165) is 11.3 Å². The van der Waals surface area contributed by atoms with Crippen LogP contribution in [0.1, 0.15) is 11.1 Å². The molecule has 0 saturated heterocycles. The topological polar surface area (TPSA) is 48.8 Å². The van der Waals surface area contributed by atoms with E-state index < -0.39 is 0 Å². The van der Waals surface area contributed by atoms with Gasteiger partial charge >= 0.3 is 0 Å². The van der Waals surface area contributed by atoms with E-state index in [-0.39, 0.29) is 0 Å². The zero-order chi connectivity index (χ0) is 12.3. The average molecular weight is 242 g/mol. The number of pyridine rings is 1. The molecule has 84 valence electrons. The highest BCUT2D eigenvalue weighted by Gasteiger charge is 2.07. The van der Waals surface area contributed by atoms with E-state index in [9.17, 15) is 0 Å². The van der Waals surface area contributed by atoms with Crippen LogP contribution < -0.4 is 4.74 Å². The third kappa shape index (κ3) is 2.35. The minimum atomic E-state index is 0.353. The Morgan fingerprint density at radius 2 is 2.00 bits per heavy atom. The summed E-state index contributed by atoms with van der Waals surface area (Å²) in [6.45, 7) is 1.95. The van der Waals surface area contributed by atoms with Crippen LogP contribution in [0.3, 0.4) is 0 Å². The molecule has 0 aliphatic rings. The van der Waals surface area contributed by atoms with Crippen LogP contribution >= 0.6 is 12.2 Å². The number of aryl methyl sites for hydroxylation is 1. The summed E-state index contributed by atoms with van der Waals surface area (Å²) in [7, 11) is 0. The van der Waals surface area contributed by atoms with Gasteiger partial charge in [0.25, 0.3) is 0 Å². The van der Waals surface area contributed by atoms with Crippen LogP contribution in [0.2, 0.25) is 0 Å². The highest BCUT2D eigenvalue weighted by Crippen LogP contribution is 2.27. The lowest BCUT2D eigenvalue weighted by atomic mass is 10.2. The Balaban J connectivity index is 2.45. The van der Waals surface area contributed by atoms with Gasteiger partial charge in [-0.2, -0.15) is 5.26 Å². The normalized spacial score (nSPS) is 9.65. The number of nitrogens with one attached hydrogen (secondary N) is 1. The molecular weight excluding hydrogens is 232 g/mol. The fourth-order valence-corrected chi connectivity index (χ4v) is 1.66. The van der Waals surface area contributed by atoms with Crippen molar-refractivity contribution in [3.63, 3.8) is 0 Å². The van der Waals surface area contributed by atoms with Crippen molar-refractivity contribution in [3.05, 3.63) is 52.3 Å². The summed E-state index contributed by atoms with van der Waals surface area (Å²) in [6, 6.07) is 11.4. The zero-order valence-corrected chi connectivity index (χ0v) is 10.0. The van der Waals surface area contributed by atoms with Gasteiger partial charge in [-0.15, -0.1) is 0 Å². The number of hydrogen-bond acceptors (Lipinski definition) is 3. The molecule has 0 unspecified atom stereocenters. The molecule has 0 aliphatic carbocycles. The molecule has 0 radical (unpaired) electrons. The van der Waals surface area contributed by atoms with Gasteiger partial charge in [0, 0.05) is 6.20 Å². The van der Waals surface area contributed by atoms with Crippen LogP contribution in [0.5, 0.6) is 11.5 Å². The van der Waals surface area contributed by atoms with Crippen molar-refractivity contribution < 1.29 is 4.74 Å². The maximum atomic E-state index is 9.03. The van der Waals surface area contributed by atoms with Crippen molar-refractivity contribution in [2.75, 3.05) is 0 Å². The van der Waals surface area contributed by atoms with E-state index in [1.165, 1.54) is 0 Å². The molecule has 2 rings (SSSR count). The lowest BCUT2D eigenvalue weighted by Crippen LogP contribution is -1.92. The quantitative estimate of drug-likeness (QED) is 0.816. The number of benzene rings is 1. The standard InChI is InChI=1S/C13H10N2OS/c1-9-4-2-3-5-11(9)16-12-6-7-15-13(17)10(12)8-14/h2-7H,1H3,(H,15,17). The highest BCUT2D eigenvalue weighted by molar-refractivity contribution is 7.71. The number of rotatable bonds is 2. The summed E-state index contributed by atoms with van der Waals surface area (Å²) < 4.78 is 6.09. The summed E-state index contributed by atoms with van der Waals surface area (Å²) in [6.07, 6.45) is 1.66. The number of aromatic nitrogens is 1. The third-order valence-electron chi connectivity index (χ3n) is 2.35. The van der Waals surface area contributed by atoms with Crippen molar-refractivity contribution in [2.45, 2.75) is 6.92 Å². The first kappa shape index (κ1) is 11.4. The molecule has 17 heavy (non-hydrogen) atoms. The van der Waals surface area contributed by atoms with Gasteiger partial charge in [0.2, 0.25) is 0 Å². The van der Waals surface area contributed by atoms with E-state index in [4.69, 9.17) is 22.2 Å². The molecule has 1 N–H and O–H groups in total. The van der Waals surface area contributed by atoms with Gasteiger partial charge in [-0.25, -0.2) is 0 Å². The minimum absolute atomic E-state index is 0.353. The van der Waals surface area contributed by atoms with Crippen molar-refractivity contribution in [1.82, 2.24) is 4.98 Å². The predicted molar refractivity (Wildman–Crippen MR) is 67.6 cm³/mol. The van der Waals surface area contributed by atoms with Crippen LogP contribution in [-0.2, 0) is 0 Å². The molecule has 0 spiro atoms. The van der Waals surface area contributed by atoms with Gasteiger partial charge in [-0.3, -0.25) is 0 Å². The molecule has 0 fully saturated rings. The predicted octanol–water partition coefficient (Wildman–Crippen LogP) is 3.72. The van der Waals surface area contributed by atoms with Crippen LogP contribution in [-0.4, -0.2) is 4.98 Å². The van der Waals surface area contributed by atoms with Crippen molar-refractivity contribution in [2.24, 2.45) is 0 Å². The second-order valence-electron chi connectivity index (χ2n) is 3.53. The van der Waals surface area contributed by atoms with E-state index in [1.807, 2.05) is 37.3 Å². The minimum Gasteiger partial charge on any atom is -0.456 e. The lowest BCUT2D eigenvalue weighted by molar-refractivity contribution is 0.476. The number of ether oxygens (including phenoxy) is 1. The number of nitriles is 1. The van der Waals surface area contributed by atoms with Crippen molar-refractivity contribution in [3.8, 4) is 17.6 Å². The van der Waals surface area contributed by atoms with Gasteiger partial charge < -0.3 is 9.72 Å². The second kappa shape index (κ2) is 4.81. The summed E-state index contributed by atoms with van der Waals surface area (Å²) in [5.41, 5.74) is 1.36. The Morgan fingerprint density at radius 1 is 1.24 bits per heavy atom. The van der Waals surface area contributed by atoms with Gasteiger partial charge in [-0.05, 0) is 24.6 Å². The monoisotopic (exact) mass is 242 g/mol. The van der Waals surface area contributed by atoms with E-state index >= 15 is 0 Å². The van der Waals surface area contributed by atoms with Gasteiger partial charge in [-0.1, -0.05) is 30.4 Å². The molecule has 0 bridgehead atoms. The lowest BCUT2D eigenvalue weighted by Gasteiger charge is -2.09. The van der Waals surface area contributed by atoms with E-state index in [1.54, 1.807) is 12.3 Å². The van der Waals surface area contributed by atoms with Crippen LogP contribution in [0.4, 0.5) is 0 Å². The van der Waals surface area contributed by atoms with Crippen LogP contribution in [0.15, 0.2) is 36.5 Å². The summed E-state index contributed by atoms with van der Waals surface area (Å²) in [5.74, 6) is 1.20. The molecule has 1 heterocycles. The van der Waals surface area contributed by atoms with Gasteiger partial charge in [0.15, 0.2) is 0 Å². The molecule has 0 saturated carbocycles. The average Bonchev–Trinajstić information content (AvgIpc) is 2.32. The Hall–Kier alpha value is -2.12. The molecular formula is C13H10N2OS. The first-order chi connectivity index (χ1) is 8.22. The smallest absolute Gasteiger partial charge is 0.149 e. The number of para-hydroxylation sites is 1. The number of nitrogens with zero attached hydrogens (tertiary/aromatic N) is 1. The van der Waals surface area contributed by atoms with E-state index in [0.29, 0.717) is 16.0 Å². The maximum Gasteiger partial charge on any atom is 0.149 e. The molecule has 0 amide bonds. The molecule has 0 aliphatic heterocycles. The molecule has 3 nitrogen and oxygen atoms in total. The second-order valence-corrected chi connectivity index (χ2v) is 3.93. The SMILES string of the molecule is Cc1ccccc1Oc1cc[nH]c(=S)c1C#N. The fraction of sp³-hybridized carbons (Fsp3) is 0.0769. The Labute approximate surface area is 104 Å². The first-order valence-electron chi connectivity index (χ1n) is 5.07. The highest BCUT2D eigenvalue weighted by atomic mass is 32.1. The number of aromatic amines is 1. The van der Waals surface area contributed by atoms with Gasteiger partial charge in [0.05, 0.1) is 0 Å². The summed E-state index contributed by atoms with van der Waals surface area (Å²) in [5, 5.41) is 9.03. The number of hydrogen-bond donors (Lipinski definition) is 1. The Kier molecular flexibility index (Phi) is 3.22. The molecule has 2 aromatic rings.